The summed E-state index contributed by atoms with van der Waals surface area (Å²) in [5.41, 5.74) is 1.87. The third-order valence-electron chi connectivity index (χ3n) is 1.67. The van der Waals surface area contributed by atoms with Gasteiger partial charge in [0.25, 0.3) is 0 Å². The summed E-state index contributed by atoms with van der Waals surface area (Å²) < 4.78 is 0. The van der Waals surface area contributed by atoms with Gasteiger partial charge >= 0.3 is 29.6 Å². The van der Waals surface area contributed by atoms with Crippen molar-refractivity contribution in [1.29, 1.82) is 0 Å². The number of hydrogen-bond acceptors (Lipinski definition) is 1. The predicted molar refractivity (Wildman–Crippen MR) is 44.5 cm³/mol. The van der Waals surface area contributed by atoms with Crippen molar-refractivity contribution in [2.75, 3.05) is 0 Å². The van der Waals surface area contributed by atoms with Crippen LogP contribution in [0.15, 0.2) is 18.2 Å². The van der Waals surface area contributed by atoms with Crippen LogP contribution in [-0.4, -0.2) is 0 Å². The maximum Gasteiger partial charge on any atom is 1.00 e. The van der Waals surface area contributed by atoms with Gasteiger partial charge in [-0.2, -0.15) is 0 Å². The molecule has 0 aromatic heterocycles. The van der Waals surface area contributed by atoms with Gasteiger partial charge in [-0.05, 0) is 23.6 Å². The van der Waals surface area contributed by atoms with E-state index in [1.807, 2.05) is 12.1 Å². The third kappa shape index (κ3) is 3.08. The Morgan fingerprint density at radius 3 is 2.58 bits per heavy atom. The molecule has 0 unspecified atom stereocenters. The summed E-state index contributed by atoms with van der Waals surface area (Å²) in [4.78, 5) is 0. The Morgan fingerprint density at radius 2 is 2.08 bits per heavy atom. The largest absolute Gasteiger partial charge is 1.00 e. The molecule has 0 amide bonds. The van der Waals surface area contributed by atoms with E-state index in [-0.39, 0.29) is 36.2 Å². The topological polar surface area (TPSA) is 23.1 Å². The predicted octanol–water partition coefficient (Wildman–Crippen LogP) is -1.23. The van der Waals surface area contributed by atoms with Crippen LogP contribution in [0.25, 0.3) is 0 Å². The quantitative estimate of drug-likeness (QED) is 0.538. The Labute approximate surface area is 100 Å². The SMILES string of the molecule is CCc1ccc(Cl)c(C[O-])c1.[Na+]. The van der Waals surface area contributed by atoms with Crippen LogP contribution in [-0.2, 0) is 13.0 Å². The van der Waals surface area contributed by atoms with Crippen LogP contribution in [0.1, 0.15) is 18.1 Å². The van der Waals surface area contributed by atoms with Crippen molar-refractivity contribution in [2.45, 2.75) is 20.0 Å². The van der Waals surface area contributed by atoms with E-state index in [1.54, 1.807) is 6.07 Å². The molecule has 0 aliphatic carbocycles. The zero-order chi connectivity index (χ0) is 8.27. The molecule has 0 heterocycles. The van der Waals surface area contributed by atoms with Crippen LogP contribution in [0, 0.1) is 0 Å². The van der Waals surface area contributed by atoms with Crippen molar-refractivity contribution >= 4 is 11.6 Å². The molecule has 0 aliphatic rings. The maximum atomic E-state index is 10.5. The standard InChI is InChI=1S/C9H10ClO.Na/c1-2-7-3-4-9(10)8(5-7)6-11;/h3-5H,2,6H2,1H3;/q-1;+1. The normalized spacial score (nSPS) is 9.25. The van der Waals surface area contributed by atoms with Crippen molar-refractivity contribution in [3.63, 3.8) is 0 Å². The Morgan fingerprint density at radius 1 is 1.42 bits per heavy atom. The monoisotopic (exact) mass is 192 g/mol. The molecule has 60 valence electrons. The summed E-state index contributed by atoms with van der Waals surface area (Å²) in [5, 5.41) is 11.1. The molecule has 0 atom stereocenters. The van der Waals surface area contributed by atoms with Crippen LogP contribution in [0.5, 0.6) is 0 Å². The molecule has 0 aliphatic heterocycles. The molecular formula is C9H10ClNaO. The first-order valence-electron chi connectivity index (χ1n) is 3.63. The van der Waals surface area contributed by atoms with Crippen molar-refractivity contribution < 1.29 is 34.7 Å². The minimum absolute atomic E-state index is 0. The molecule has 12 heavy (non-hydrogen) atoms. The van der Waals surface area contributed by atoms with Gasteiger partial charge in [-0.1, -0.05) is 30.7 Å². The van der Waals surface area contributed by atoms with E-state index in [1.165, 1.54) is 5.56 Å². The van der Waals surface area contributed by atoms with Gasteiger partial charge in [0.15, 0.2) is 0 Å². The smallest absolute Gasteiger partial charge is 0.851 e. The van der Waals surface area contributed by atoms with Crippen LogP contribution < -0.4 is 34.7 Å². The summed E-state index contributed by atoms with van der Waals surface area (Å²) in [6.45, 7) is 1.82. The first kappa shape index (κ1) is 12.5. The number of hydrogen-bond donors (Lipinski definition) is 0. The molecule has 0 fully saturated rings. The Kier molecular flexibility index (Phi) is 6.24. The molecule has 1 aromatic rings. The second kappa shape index (κ2) is 6.01. The second-order valence-electron chi connectivity index (χ2n) is 2.42. The molecule has 0 saturated heterocycles. The minimum Gasteiger partial charge on any atom is -0.851 e. The minimum atomic E-state index is -0.229. The Bertz CT molecular complexity index is 250. The van der Waals surface area contributed by atoms with Crippen LogP contribution in [0.3, 0.4) is 0 Å². The van der Waals surface area contributed by atoms with E-state index in [4.69, 9.17) is 11.6 Å². The molecular weight excluding hydrogens is 183 g/mol. The Hall–Kier alpha value is 0.470. The van der Waals surface area contributed by atoms with E-state index >= 15 is 0 Å². The number of halogens is 1. The van der Waals surface area contributed by atoms with Crippen LogP contribution in [0.4, 0.5) is 0 Å². The van der Waals surface area contributed by atoms with Gasteiger partial charge in [0.1, 0.15) is 0 Å². The molecule has 0 spiro atoms. The van der Waals surface area contributed by atoms with Gasteiger partial charge in [-0.15, -0.1) is 6.61 Å². The molecule has 3 heteroatoms. The van der Waals surface area contributed by atoms with Crippen molar-refractivity contribution in [1.82, 2.24) is 0 Å². The van der Waals surface area contributed by atoms with Crippen molar-refractivity contribution in [3.8, 4) is 0 Å². The average molecular weight is 193 g/mol. The van der Waals surface area contributed by atoms with Gasteiger partial charge in [-0.25, -0.2) is 0 Å². The Balaban J connectivity index is 0.00000121. The summed E-state index contributed by atoms with van der Waals surface area (Å²) in [6.07, 6.45) is 0.949. The average Bonchev–Trinajstić information content (AvgIpc) is 2.05. The fraction of sp³-hybridized carbons (Fsp3) is 0.333. The van der Waals surface area contributed by atoms with Crippen molar-refractivity contribution in [2.24, 2.45) is 0 Å². The second-order valence-corrected chi connectivity index (χ2v) is 2.83. The van der Waals surface area contributed by atoms with E-state index in [2.05, 4.69) is 6.92 Å². The van der Waals surface area contributed by atoms with Crippen molar-refractivity contribution in [3.05, 3.63) is 34.3 Å². The zero-order valence-electron chi connectivity index (χ0n) is 7.43. The number of benzene rings is 1. The maximum absolute atomic E-state index is 10.5. The van der Waals surface area contributed by atoms with Gasteiger partial charge in [0.2, 0.25) is 0 Å². The van der Waals surface area contributed by atoms with Crippen LogP contribution >= 0.6 is 11.6 Å². The number of aryl methyl sites for hydroxylation is 1. The first-order chi connectivity index (χ1) is 5.27. The summed E-state index contributed by atoms with van der Waals surface area (Å²) >= 11 is 5.75. The van der Waals surface area contributed by atoms with E-state index in [9.17, 15) is 5.11 Å². The molecule has 0 radical (unpaired) electrons. The molecule has 0 saturated carbocycles. The fourth-order valence-electron chi connectivity index (χ4n) is 0.959. The van der Waals surface area contributed by atoms with E-state index < -0.39 is 0 Å². The molecule has 0 N–H and O–H groups in total. The van der Waals surface area contributed by atoms with Gasteiger partial charge < -0.3 is 5.11 Å². The van der Waals surface area contributed by atoms with Gasteiger partial charge in [0.05, 0.1) is 0 Å². The van der Waals surface area contributed by atoms with E-state index in [0.717, 1.165) is 6.42 Å². The summed E-state index contributed by atoms with van der Waals surface area (Å²) in [5.74, 6) is 0. The van der Waals surface area contributed by atoms with Gasteiger partial charge in [-0.3, -0.25) is 0 Å². The molecule has 1 nitrogen and oxygen atoms in total. The summed E-state index contributed by atoms with van der Waals surface area (Å²) in [6, 6.07) is 5.60. The van der Waals surface area contributed by atoms with Crippen LogP contribution in [0.2, 0.25) is 5.02 Å². The van der Waals surface area contributed by atoms with E-state index in [0.29, 0.717) is 10.6 Å². The summed E-state index contributed by atoms with van der Waals surface area (Å²) in [7, 11) is 0. The first-order valence-corrected chi connectivity index (χ1v) is 4.01. The molecule has 1 rings (SSSR count). The van der Waals surface area contributed by atoms with Gasteiger partial charge in [0, 0.05) is 5.02 Å². The fourth-order valence-corrected chi connectivity index (χ4v) is 1.13. The number of rotatable bonds is 2. The molecule has 0 bridgehead atoms. The zero-order valence-corrected chi connectivity index (χ0v) is 10.2. The molecule has 1 aromatic carbocycles. The third-order valence-corrected chi connectivity index (χ3v) is 2.04.